The van der Waals surface area contributed by atoms with Crippen molar-refractivity contribution in [1.82, 2.24) is 10.2 Å². The van der Waals surface area contributed by atoms with Gasteiger partial charge in [-0.05, 0) is 31.2 Å². The summed E-state index contributed by atoms with van der Waals surface area (Å²) in [4.78, 5) is 17.4. The molecule has 2 saturated heterocycles. The molecular formula is C18H22N2O3S. The van der Waals surface area contributed by atoms with Crippen LogP contribution in [0.15, 0.2) is 34.9 Å². The number of carbonyl (C=O) groups excluding carboxylic acids is 1. The van der Waals surface area contributed by atoms with Crippen molar-refractivity contribution in [2.75, 3.05) is 32.8 Å². The zero-order chi connectivity index (χ0) is 16.6. The van der Waals surface area contributed by atoms with Gasteiger partial charge in [-0.25, -0.2) is 0 Å². The van der Waals surface area contributed by atoms with E-state index in [0.29, 0.717) is 18.2 Å². The standard InChI is InChI=1S/C18H22N2O3S/c1-13-4-5-15(24-13)8-20-7-14-9-22-12-18(14,11-20)10-19-17(21)16-3-2-6-23-16/h2-6,14H,7-12H2,1H3,(H,19,21)/t14-,18+/m1/s1. The largest absolute Gasteiger partial charge is 0.459 e. The first-order valence-electron chi connectivity index (χ1n) is 8.32. The normalized spacial score (nSPS) is 26.6. The number of nitrogens with zero attached hydrogens (tertiary/aromatic N) is 1. The minimum absolute atomic E-state index is 0.0224. The Morgan fingerprint density at radius 2 is 2.38 bits per heavy atom. The van der Waals surface area contributed by atoms with Gasteiger partial charge in [-0.15, -0.1) is 11.3 Å². The lowest BCUT2D eigenvalue weighted by molar-refractivity contribution is 0.0878. The fraction of sp³-hybridized carbons (Fsp3) is 0.500. The van der Waals surface area contributed by atoms with Crippen LogP contribution in [-0.2, 0) is 11.3 Å². The van der Waals surface area contributed by atoms with Crippen LogP contribution in [0, 0.1) is 18.3 Å². The van der Waals surface area contributed by atoms with E-state index >= 15 is 0 Å². The van der Waals surface area contributed by atoms with Gasteiger partial charge in [0.2, 0.25) is 0 Å². The summed E-state index contributed by atoms with van der Waals surface area (Å²) in [5.74, 6) is 0.702. The summed E-state index contributed by atoms with van der Waals surface area (Å²) in [5.41, 5.74) is 0.0224. The lowest BCUT2D eigenvalue weighted by atomic mass is 9.81. The molecule has 0 saturated carbocycles. The second-order valence-electron chi connectivity index (χ2n) is 6.92. The van der Waals surface area contributed by atoms with E-state index in [1.807, 2.05) is 11.3 Å². The summed E-state index contributed by atoms with van der Waals surface area (Å²) >= 11 is 1.86. The molecule has 6 heteroatoms. The molecule has 5 nitrogen and oxygen atoms in total. The van der Waals surface area contributed by atoms with E-state index in [9.17, 15) is 4.79 Å². The van der Waals surface area contributed by atoms with Crippen LogP contribution in [0.3, 0.4) is 0 Å². The maximum absolute atomic E-state index is 12.2. The summed E-state index contributed by atoms with van der Waals surface area (Å²) in [6, 6.07) is 7.82. The Hall–Kier alpha value is -1.63. The number of aryl methyl sites for hydroxylation is 1. The summed E-state index contributed by atoms with van der Waals surface area (Å²) in [7, 11) is 0. The third kappa shape index (κ3) is 3.01. The fourth-order valence-corrected chi connectivity index (χ4v) is 4.79. The topological polar surface area (TPSA) is 54.7 Å². The van der Waals surface area contributed by atoms with Gasteiger partial charge in [0.05, 0.1) is 19.5 Å². The molecule has 2 atom stereocenters. The number of rotatable bonds is 5. The summed E-state index contributed by atoms with van der Waals surface area (Å²) in [6.45, 7) is 7.28. The Morgan fingerprint density at radius 3 is 3.12 bits per heavy atom. The van der Waals surface area contributed by atoms with Gasteiger partial charge in [-0.2, -0.15) is 0 Å². The Bertz CT molecular complexity index is 712. The minimum Gasteiger partial charge on any atom is -0.459 e. The van der Waals surface area contributed by atoms with Gasteiger partial charge < -0.3 is 14.5 Å². The maximum Gasteiger partial charge on any atom is 0.286 e. The quantitative estimate of drug-likeness (QED) is 0.904. The first kappa shape index (κ1) is 15.9. The average Bonchev–Trinajstić information content (AvgIpc) is 3.29. The van der Waals surface area contributed by atoms with Crippen molar-refractivity contribution in [3.63, 3.8) is 0 Å². The zero-order valence-corrected chi connectivity index (χ0v) is 14.6. The van der Waals surface area contributed by atoms with Crippen LogP contribution in [-0.4, -0.2) is 43.7 Å². The molecule has 0 radical (unpaired) electrons. The molecule has 2 aromatic rings. The van der Waals surface area contributed by atoms with Crippen molar-refractivity contribution < 1.29 is 13.9 Å². The molecule has 128 valence electrons. The number of nitrogens with one attached hydrogen (secondary N) is 1. The van der Waals surface area contributed by atoms with Crippen molar-refractivity contribution in [3.8, 4) is 0 Å². The van der Waals surface area contributed by atoms with Crippen LogP contribution in [0.4, 0.5) is 0 Å². The maximum atomic E-state index is 12.2. The summed E-state index contributed by atoms with van der Waals surface area (Å²) in [6.07, 6.45) is 1.52. The predicted molar refractivity (Wildman–Crippen MR) is 92.1 cm³/mol. The van der Waals surface area contributed by atoms with E-state index in [0.717, 1.165) is 32.8 Å². The third-order valence-electron chi connectivity index (χ3n) is 5.11. The molecule has 24 heavy (non-hydrogen) atoms. The van der Waals surface area contributed by atoms with E-state index in [-0.39, 0.29) is 11.3 Å². The molecule has 1 N–H and O–H groups in total. The van der Waals surface area contributed by atoms with Gasteiger partial charge in [-0.3, -0.25) is 9.69 Å². The first-order valence-corrected chi connectivity index (χ1v) is 9.13. The molecule has 2 aliphatic heterocycles. The molecule has 0 aromatic carbocycles. The van der Waals surface area contributed by atoms with Crippen LogP contribution >= 0.6 is 11.3 Å². The van der Waals surface area contributed by atoms with Crippen molar-refractivity contribution in [2.24, 2.45) is 11.3 Å². The number of carbonyl (C=O) groups is 1. The van der Waals surface area contributed by atoms with Crippen molar-refractivity contribution in [3.05, 3.63) is 46.0 Å². The first-order chi connectivity index (χ1) is 11.6. The smallest absolute Gasteiger partial charge is 0.286 e. The van der Waals surface area contributed by atoms with Gasteiger partial charge in [0.15, 0.2) is 5.76 Å². The SMILES string of the molecule is Cc1ccc(CN2C[C@@H]3COC[C@]3(CNC(=O)c3ccco3)C2)s1. The predicted octanol–water partition coefficient (Wildman–Crippen LogP) is 2.53. The number of ether oxygens (including phenoxy) is 1. The van der Waals surface area contributed by atoms with E-state index in [4.69, 9.17) is 9.15 Å². The highest BCUT2D eigenvalue weighted by molar-refractivity contribution is 7.11. The number of hydrogen-bond acceptors (Lipinski definition) is 5. The van der Waals surface area contributed by atoms with Crippen molar-refractivity contribution in [2.45, 2.75) is 13.5 Å². The van der Waals surface area contributed by atoms with Crippen LogP contribution in [0.25, 0.3) is 0 Å². The van der Waals surface area contributed by atoms with Gasteiger partial charge in [-0.1, -0.05) is 0 Å². The van der Waals surface area contributed by atoms with Crippen molar-refractivity contribution in [1.29, 1.82) is 0 Å². The van der Waals surface area contributed by atoms with Crippen LogP contribution in [0.2, 0.25) is 0 Å². The summed E-state index contributed by atoms with van der Waals surface area (Å²) in [5, 5.41) is 3.04. The average molecular weight is 346 g/mol. The molecule has 2 aromatic heterocycles. The molecular weight excluding hydrogens is 324 g/mol. The molecule has 2 aliphatic rings. The molecule has 2 fully saturated rings. The van der Waals surface area contributed by atoms with Gasteiger partial charge in [0.25, 0.3) is 5.91 Å². The van der Waals surface area contributed by atoms with Crippen molar-refractivity contribution >= 4 is 17.2 Å². The molecule has 4 rings (SSSR count). The second kappa shape index (κ2) is 6.35. The fourth-order valence-electron chi connectivity index (χ4n) is 3.86. The number of likely N-dealkylation sites (tertiary alicyclic amines) is 1. The lowest BCUT2D eigenvalue weighted by Crippen LogP contribution is -2.43. The van der Waals surface area contributed by atoms with Gasteiger partial charge >= 0.3 is 0 Å². The Kier molecular flexibility index (Phi) is 4.20. The van der Waals surface area contributed by atoms with Crippen LogP contribution in [0.5, 0.6) is 0 Å². The molecule has 0 unspecified atom stereocenters. The summed E-state index contributed by atoms with van der Waals surface area (Å²) < 4.78 is 10.9. The molecule has 0 spiro atoms. The number of fused-ring (bicyclic) bond motifs is 1. The highest BCUT2D eigenvalue weighted by atomic mass is 32.1. The van der Waals surface area contributed by atoms with E-state index in [1.54, 1.807) is 12.1 Å². The van der Waals surface area contributed by atoms with E-state index in [2.05, 4.69) is 29.3 Å². The Balaban J connectivity index is 1.40. The third-order valence-corrected chi connectivity index (χ3v) is 6.10. The monoisotopic (exact) mass is 346 g/mol. The van der Waals surface area contributed by atoms with Gasteiger partial charge in [0.1, 0.15) is 0 Å². The van der Waals surface area contributed by atoms with Gasteiger partial charge in [0, 0.05) is 47.3 Å². The number of thiophene rings is 1. The molecule has 0 bridgehead atoms. The Labute approximate surface area is 145 Å². The zero-order valence-electron chi connectivity index (χ0n) is 13.8. The lowest BCUT2D eigenvalue weighted by Gasteiger charge is -2.27. The molecule has 4 heterocycles. The van der Waals surface area contributed by atoms with Crippen LogP contribution < -0.4 is 5.32 Å². The van der Waals surface area contributed by atoms with E-state index < -0.39 is 0 Å². The Morgan fingerprint density at radius 1 is 1.46 bits per heavy atom. The number of furan rings is 1. The highest BCUT2D eigenvalue weighted by Crippen LogP contribution is 2.41. The number of hydrogen-bond donors (Lipinski definition) is 1. The highest BCUT2D eigenvalue weighted by Gasteiger charge is 2.50. The number of amides is 1. The van der Waals surface area contributed by atoms with E-state index in [1.165, 1.54) is 16.0 Å². The second-order valence-corrected chi connectivity index (χ2v) is 8.29. The molecule has 1 amide bonds. The van der Waals surface area contributed by atoms with Crippen LogP contribution in [0.1, 0.15) is 20.3 Å². The molecule has 0 aliphatic carbocycles. The minimum atomic E-state index is -0.146.